The molecule has 27 heavy (non-hydrogen) atoms. The highest BCUT2D eigenvalue weighted by atomic mass is 32.2. The van der Waals surface area contributed by atoms with Gasteiger partial charge in [-0.1, -0.05) is 31.0 Å². The third-order valence-electron chi connectivity index (χ3n) is 8.65. The molecule has 3 nitrogen and oxygen atoms in total. The largest absolute Gasteiger partial charge is 0.399 e. The van der Waals surface area contributed by atoms with Crippen LogP contribution in [-0.2, 0) is 4.84 Å². The summed E-state index contributed by atoms with van der Waals surface area (Å²) in [6, 6.07) is 0. The normalized spacial score (nSPS) is 47.0. The van der Waals surface area contributed by atoms with Gasteiger partial charge in [0.05, 0.1) is 6.10 Å². The number of rotatable bonds is 3. The van der Waals surface area contributed by atoms with E-state index < -0.39 is 4.08 Å². The third kappa shape index (κ3) is 2.93. The molecule has 4 aliphatic carbocycles. The van der Waals surface area contributed by atoms with Gasteiger partial charge < -0.3 is 9.94 Å². The smallest absolute Gasteiger partial charge is 0.106 e. The Balaban J connectivity index is 1.75. The second-order valence-corrected chi connectivity index (χ2v) is 11.7. The number of fused-ring (bicyclic) bond motifs is 5. The Kier molecular flexibility index (Phi) is 5.21. The molecule has 0 amide bonds. The molecule has 3 saturated carbocycles. The van der Waals surface area contributed by atoms with Gasteiger partial charge in [-0.05, 0) is 86.0 Å². The molecule has 0 aliphatic heterocycles. The van der Waals surface area contributed by atoms with Gasteiger partial charge in [0.25, 0.3) is 0 Å². The minimum atomic E-state index is -0.549. The molecule has 3 fully saturated rings. The number of nitrogens with zero attached hydrogens (tertiary/aromatic N) is 1. The minimum Gasteiger partial charge on any atom is -0.399 e. The molecule has 0 radical (unpaired) electrons. The fourth-order valence-electron chi connectivity index (χ4n) is 7.51. The summed E-state index contributed by atoms with van der Waals surface area (Å²) in [5.74, 6) is 2.08. The maximum absolute atomic E-state index is 10.7. The van der Waals surface area contributed by atoms with Crippen molar-refractivity contribution < 1.29 is 9.94 Å². The molecule has 0 bridgehead atoms. The number of thiol groups is 2. The van der Waals surface area contributed by atoms with Crippen LogP contribution in [0.4, 0.5) is 0 Å². The Morgan fingerprint density at radius 3 is 2.70 bits per heavy atom. The second kappa shape index (κ2) is 6.98. The molecule has 0 aromatic rings. The molecule has 0 heterocycles. The molecule has 0 aromatic heterocycles. The van der Waals surface area contributed by atoms with Crippen LogP contribution in [0.5, 0.6) is 0 Å². The van der Waals surface area contributed by atoms with Crippen molar-refractivity contribution >= 4 is 31.0 Å². The summed E-state index contributed by atoms with van der Waals surface area (Å²) in [5, 5.41) is 14.9. The molecule has 4 aliphatic rings. The van der Waals surface area contributed by atoms with Crippen LogP contribution in [0.25, 0.3) is 0 Å². The Morgan fingerprint density at radius 1 is 1.22 bits per heavy atom. The van der Waals surface area contributed by atoms with E-state index in [-0.39, 0.29) is 16.9 Å². The Labute approximate surface area is 175 Å². The average molecular weight is 410 g/mol. The number of aliphatic hydroxyl groups is 1. The summed E-state index contributed by atoms with van der Waals surface area (Å²) in [7, 11) is 1.60. The zero-order chi connectivity index (χ0) is 19.4. The van der Waals surface area contributed by atoms with Crippen LogP contribution in [0.3, 0.4) is 0 Å². The van der Waals surface area contributed by atoms with Crippen molar-refractivity contribution in [2.75, 3.05) is 7.11 Å². The summed E-state index contributed by atoms with van der Waals surface area (Å²) < 4.78 is -0.549. The highest BCUT2D eigenvalue weighted by Gasteiger charge is 2.61. The first-order valence-corrected chi connectivity index (χ1v) is 11.6. The number of hydrogen-bond acceptors (Lipinski definition) is 5. The molecule has 4 rings (SSSR count). The molecular weight excluding hydrogens is 374 g/mol. The first-order valence-electron chi connectivity index (χ1n) is 10.7. The van der Waals surface area contributed by atoms with Crippen LogP contribution >= 0.6 is 25.3 Å². The van der Waals surface area contributed by atoms with Gasteiger partial charge in [0, 0.05) is 0 Å². The van der Waals surface area contributed by atoms with Gasteiger partial charge >= 0.3 is 0 Å². The molecule has 0 saturated heterocycles. The zero-order valence-electron chi connectivity index (χ0n) is 16.9. The monoisotopic (exact) mass is 409 g/mol. The molecule has 1 N–H and O–H groups in total. The average Bonchev–Trinajstić information content (AvgIpc) is 2.91. The Hall–Kier alpha value is -0.130. The summed E-state index contributed by atoms with van der Waals surface area (Å²) in [6.45, 7) is 4.66. The number of oxime groups is 1. The number of aliphatic hydroxyl groups excluding tert-OH is 1. The van der Waals surface area contributed by atoms with E-state index in [4.69, 9.17) is 30.1 Å². The fourth-order valence-corrected chi connectivity index (χ4v) is 8.28. The van der Waals surface area contributed by atoms with Crippen LogP contribution in [0.2, 0.25) is 0 Å². The molecule has 0 aromatic carbocycles. The Bertz CT molecular complexity index is 661. The first-order chi connectivity index (χ1) is 12.8. The van der Waals surface area contributed by atoms with E-state index in [0.29, 0.717) is 11.8 Å². The zero-order valence-corrected chi connectivity index (χ0v) is 18.7. The maximum Gasteiger partial charge on any atom is 0.106 e. The summed E-state index contributed by atoms with van der Waals surface area (Å²) in [4.78, 5) is 5.10. The van der Waals surface area contributed by atoms with Gasteiger partial charge in [0.2, 0.25) is 0 Å². The van der Waals surface area contributed by atoms with Crippen LogP contribution in [-0.4, -0.2) is 28.1 Å². The van der Waals surface area contributed by atoms with Crippen molar-refractivity contribution in [3.8, 4) is 0 Å². The Morgan fingerprint density at radius 2 is 2.00 bits per heavy atom. The van der Waals surface area contributed by atoms with E-state index in [2.05, 4.69) is 25.1 Å². The predicted octanol–water partition coefficient (Wildman–Crippen LogP) is 5.26. The number of allylic oxidation sites excluding steroid dienone is 2. The van der Waals surface area contributed by atoms with Crippen LogP contribution < -0.4 is 0 Å². The number of hydrogen-bond donors (Lipinski definition) is 3. The lowest BCUT2D eigenvalue weighted by molar-refractivity contribution is -0.0787. The molecule has 5 heteroatoms. The van der Waals surface area contributed by atoms with Crippen molar-refractivity contribution in [2.24, 2.45) is 33.7 Å². The van der Waals surface area contributed by atoms with Crippen molar-refractivity contribution in [1.29, 1.82) is 0 Å². The lowest BCUT2D eigenvalue weighted by Gasteiger charge is -2.60. The highest BCUT2D eigenvalue weighted by molar-refractivity contribution is 8.02. The van der Waals surface area contributed by atoms with Gasteiger partial charge in [0.1, 0.15) is 16.9 Å². The van der Waals surface area contributed by atoms with E-state index in [1.165, 1.54) is 32.1 Å². The van der Waals surface area contributed by atoms with Crippen molar-refractivity contribution in [1.82, 2.24) is 0 Å². The molecule has 6 atom stereocenters. The van der Waals surface area contributed by atoms with Gasteiger partial charge in [0.15, 0.2) is 0 Å². The SMILES string of the molecule is CCC[C@]12CC(S)(S)/C(=N/OC)C=C1CC[C@@H]1[C@@H]2CC[C@]2(C)[C@@H](O)CC[C@@H]12. The van der Waals surface area contributed by atoms with E-state index in [9.17, 15) is 5.11 Å². The van der Waals surface area contributed by atoms with E-state index in [1.54, 1.807) is 12.7 Å². The molecule has 0 spiro atoms. The van der Waals surface area contributed by atoms with Gasteiger partial charge in [-0.15, -0.1) is 0 Å². The van der Waals surface area contributed by atoms with Gasteiger partial charge in [-0.2, -0.15) is 25.3 Å². The lowest BCUT2D eigenvalue weighted by Crippen LogP contribution is -2.54. The lowest BCUT2D eigenvalue weighted by atomic mass is 9.46. The molecule has 0 unspecified atom stereocenters. The topological polar surface area (TPSA) is 41.8 Å². The molecular formula is C22H35NO2S2. The van der Waals surface area contributed by atoms with E-state index in [0.717, 1.165) is 37.3 Å². The molecule has 152 valence electrons. The van der Waals surface area contributed by atoms with Gasteiger partial charge in [-0.3, -0.25) is 0 Å². The van der Waals surface area contributed by atoms with Gasteiger partial charge in [-0.25, -0.2) is 0 Å². The first kappa shape index (κ1) is 20.2. The van der Waals surface area contributed by atoms with Crippen LogP contribution in [0.1, 0.15) is 71.6 Å². The summed E-state index contributed by atoms with van der Waals surface area (Å²) in [5.41, 5.74) is 2.73. The van der Waals surface area contributed by atoms with Crippen molar-refractivity contribution in [2.45, 2.75) is 81.8 Å². The van der Waals surface area contributed by atoms with Crippen LogP contribution in [0.15, 0.2) is 16.8 Å². The standard InChI is InChI=1S/C22H35NO2S2/c1-4-10-21-13-22(26,27)18(23-25-3)12-14(21)5-6-15-16-7-8-19(24)20(16,2)11-9-17(15)21/h12,15-17,19,24,26-27H,4-11,13H2,1-3H3/b23-18+/t15-,16-,17-,19-,20-,21-/m0/s1. The highest BCUT2D eigenvalue weighted by Crippen LogP contribution is 2.67. The van der Waals surface area contributed by atoms with Crippen molar-refractivity contribution in [3.05, 3.63) is 11.6 Å². The quantitative estimate of drug-likeness (QED) is 0.338. The van der Waals surface area contributed by atoms with Crippen molar-refractivity contribution in [3.63, 3.8) is 0 Å². The summed E-state index contributed by atoms with van der Waals surface area (Å²) in [6.07, 6.45) is 12.4. The maximum atomic E-state index is 10.7. The predicted molar refractivity (Wildman–Crippen MR) is 117 cm³/mol. The summed E-state index contributed by atoms with van der Waals surface area (Å²) >= 11 is 9.88. The fraction of sp³-hybridized carbons (Fsp3) is 0.864. The van der Waals surface area contributed by atoms with E-state index in [1.807, 2.05) is 0 Å². The van der Waals surface area contributed by atoms with E-state index >= 15 is 0 Å². The minimum absolute atomic E-state index is 0.108. The second-order valence-electron chi connectivity index (χ2n) is 9.78. The third-order valence-corrected chi connectivity index (χ3v) is 9.43. The van der Waals surface area contributed by atoms with Crippen LogP contribution in [0, 0.1) is 28.6 Å².